The van der Waals surface area contributed by atoms with E-state index < -0.39 is 15.7 Å². The molecular formula is C13H16FNO2S. The molecule has 0 aliphatic carbocycles. The zero-order valence-corrected chi connectivity index (χ0v) is 11.3. The van der Waals surface area contributed by atoms with Crippen molar-refractivity contribution in [1.29, 1.82) is 0 Å². The predicted molar refractivity (Wildman–Crippen MR) is 69.6 cm³/mol. The topological polar surface area (TPSA) is 37.4 Å². The summed E-state index contributed by atoms with van der Waals surface area (Å²) in [5, 5.41) is 0. The minimum absolute atomic E-state index is 0.0392. The number of benzene rings is 1. The summed E-state index contributed by atoms with van der Waals surface area (Å²) in [5.74, 6) is -0.507. The first-order chi connectivity index (χ1) is 8.36. The van der Waals surface area contributed by atoms with Gasteiger partial charge in [-0.15, -0.1) is 0 Å². The predicted octanol–water partition coefficient (Wildman–Crippen LogP) is 1.95. The fourth-order valence-corrected chi connectivity index (χ4v) is 2.66. The van der Waals surface area contributed by atoms with Gasteiger partial charge in [0.15, 0.2) is 9.84 Å². The molecule has 0 amide bonds. The number of likely N-dealkylation sites (N-methyl/N-ethyl adjacent to an activating group) is 1. The highest BCUT2D eigenvalue weighted by Gasteiger charge is 2.14. The molecule has 0 saturated carbocycles. The Bertz CT molecular complexity index is 593. The molecule has 0 atom stereocenters. The molecule has 1 aliphatic rings. The summed E-state index contributed by atoms with van der Waals surface area (Å²) >= 11 is 0. The summed E-state index contributed by atoms with van der Waals surface area (Å²) in [6, 6.07) is 4.01. The molecule has 0 fully saturated rings. The van der Waals surface area contributed by atoms with Gasteiger partial charge in [-0.3, -0.25) is 0 Å². The summed E-state index contributed by atoms with van der Waals surface area (Å²) in [5.41, 5.74) is 1.68. The van der Waals surface area contributed by atoms with E-state index in [1.54, 1.807) is 6.07 Å². The normalized spacial score (nSPS) is 17.6. The Labute approximate surface area is 107 Å². The first-order valence-corrected chi connectivity index (χ1v) is 7.64. The van der Waals surface area contributed by atoms with Crippen LogP contribution in [0.25, 0.3) is 5.57 Å². The van der Waals surface area contributed by atoms with Crippen molar-refractivity contribution in [3.8, 4) is 0 Å². The first-order valence-electron chi connectivity index (χ1n) is 5.75. The number of sulfone groups is 1. The Morgan fingerprint density at radius 3 is 2.56 bits per heavy atom. The van der Waals surface area contributed by atoms with Crippen LogP contribution in [0.5, 0.6) is 0 Å². The maximum Gasteiger partial charge on any atom is 0.175 e. The van der Waals surface area contributed by atoms with Crippen LogP contribution in [0.2, 0.25) is 0 Å². The largest absolute Gasteiger partial charge is 0.302 e. The van der Waals surface area contributed by atoms with Gasteiger partial charge in [-0.25, -0.2) is 12.8 Å². The molecule has 1 heterocycles. The van der Waals surface area contributed by atoms with Gasteiger partial charge < -0.3 is 4.90 Å². The summed E-state index contributed by atoms with van der Waals surface area (Å²) in [6.45, 7) is 1.70. The van der Waals surface area contributed by atoms with Crippen LogP contribution in [-0.4, -0.2) is 39.7 Å². The molecule has 0 aromatic heterocycles. The molecule has 0 bridgehead atoms. The fraction of sp³-hybridized carbons (Fsp3) is 0.385. The van der Waals surface area contributed by atoms with Crippen molar-refractivity contribution in [2.45, 2.75) is 11.3 Å². The van der Waals surface area contributed by atoms with Gasteiger partial charge in [0.1, 0.15) is 5.82 Å². The number of hydrogen-bond donors (Lipinski definition) is 0. The van der Waals surface area contributed by atoms with Gasteiger partial charge in [-0.1, -0.05) is 6.08 Å². The van der Waals surface area contributed by atoms with Gasteiger partial charge in [0.25, 0.3) is 0 Å². The van der Waals surface area contributed by atoms with Crippen molar-refractivity contribution < 1.29 is 12.8 Å². The molecule has 98 valence electrons. The Morgan fingerprint density at radius 1 is 1.28 bits per heavy atom. The van der Waals surface area contributed by atoms with E-state index in [1.807, 2.05) is 13.1 Å². The maximum absolute atomic E-state index is 13.5. The second kappa shape index (κ2) is 4.82. The van der Waals surface area contributed by atoms with E-state index in [1.165, 1.54) is 6.07 Å². The Kier molecular flexibility index (Phi) is 3.54. The summed E-state index contributed by atoms with van der Waals surface area (Å²) in [4.78, 5) is 2.19. The second-order valence-corrected chi connectivity index (χ2v) is 6.71. The van der Waals surface area contributed by atoms with Crippen LogP contribution in [0.4, 0.5) is 4.39 Å². The third-order valence-corrected chi connectivity index (χ3v) is 4.17. The molecule has 1 aromatic rings. The molecule has 1 aliphatic heterocycles. The zero-order chi connectivity index (χ0) is 13.3. The van der Waals surface area contributed by atoms with Gasteiger partial charge in [-0.05, 0) is 42.8 Å². The van der Waals surface area contributed by atoms with Gasteiger partial charge >= 0.3 is 0 Å². The molecule has 0 spiro atoms. The third-order valence-electron chi connectivity index (χ3n) is 3.08. The summed E-state index contributed by atoms with van der Waals surface area (Å²) in [7, 11) is -1.36. The Balaban J connectivity index is 2.43. The van der Waals surface area contributed by atoms with E-state index >= 15 is 0 Å². The molecule has 18 heavy (non-hydrogen) atoms. The molecule has 0 unspecified atom stereocenters. The van der Waals surface area contributed by atoms with Crippen molar-refractivity contribution in [3.05, 3.63) is 35.7 Å². The van der Waals surface area contributed by atoms with E-state index in [9.17, 15) is 12.8 Å². The minimum Gasteiger partial charge on any atom is -0.302 e. The van der Waals surface area contributed by atoms with Gasteiger partial charge in [0, 0.05) is 19.3 Å². The van der Waals surface area contributed by atoms with Crippen molar-refractivity contribution >= 4 is 15.4 Å². The highest BCUT2D eigenvalue weighted by Crippen LogP contribution is 2.25. The minimum atomic E-state index is -3.37. The maximum atomic E-state index is 13.5. The molecule has 0 saturated heterocycles. The van der Waals surface area contributed by atoms with Crippen LogP contribution in [0.15, 0.2) is 29.2 Å². The van der Waals surface area contributed by atoms with Crippen LogP contribution in [0, 0.1) is 5.82 Å². The lowest BCUT2D eigenvalue weighted by Crippen LogP contribution is -2.23. The Morgan fingerprint density at radius 2 is 2.00 bits per heavy atom. The monoisotopic (exact) mass is 269 g/mol. The molecule has 0 N–H and O–H groups in total. The van der Waals surface area contributed by atoms with E-state index in [0.29, 0.717) is 5.56 Å². The van der Waals surface area contributed by atoms with Crippen molar-refractivity contribution in [1.82, 2.24) is 4.90 Å². The van der Waals surface area contributed by atoms with Crippen LogP contribution in [0.3, 0.4) is 0 Å². The van der Waals surface area contributed by atoms with E-state index in [2.05, 4.69) is 4.90 Å². The molecule has 2 rings (SSSR count). The summed E-state index contributed by atoms with van der Waals surface area (Å²) in [6.07, 6.45) is 3.92. The average molecular weight is 269 g/mol. The van der Waals surface area contributed by atoms with Crippen LogP contribution < -0.4 is 0 Å². The lowest BCUT2D eigenvalue weighted by molar-refractivity contribution is 0.370. The van der Waals surface area contributed by atoms with Crippen LogP contribution >= 0.6 is 0 Å². The lowest BCUT2D eigenvalue weighted by atomic mass is 10.00. The number of halogens is 1. The number of nitrogens with zero attached hydrogens (tertiary/aromatic N) is 1. The SMILES string of the molecule is CN1CC=C(c2cc(F)cc(S(C)(=O)=O)c2)CC1. The van der Waals surface area contributed by atoms with Crippen LogP contribution in [-0.2, 0) is 9.84 Å². The van der Waals surface area contributed by atoms with Gasteiger partial charge in [-0.2, -0.15) is 0 Å². The lowest BCUT2D eigenvalue weighted by Gasteiger charge is -2.22. The molecule has 1 aromatic carbocycles. The molecule has 3 nitrogen and oxygen atoms in total. The molecular weight excluding hydrogens is 253 g/mol. The number of rotatable bonds is 2. The molecule has 5 heteroatoms. The van der Waals surface area contributed by atoms with E-state index in [-0.39, 0.29) is 4.90 Å². The van der Waals surface area contributed by atoms with Gasteiger partial charge in [0.05, 0.1) is 4.90 Å². The standard InChI is InChI=1S/C13H16FNO2S/c1-15-5-3-10(4-6-15)11-7-12(14)9-13(8-11)18(2,16)17/h3,7-9H,4-6H2,1-2H3. The van der Waals surface area contributed by atoms with Crippen molar-refractivity contribution in [2.75, 3.05) is 26.4 Å². The van der Waals surface area contributed by atoms with Crippen LogP contribution in [0.1, 0.15) is 12.0 Å². The summed E-state index contributed by atoms with van der Waals surface area (Å²) < 4.78 is 36.4. The smallest absolute Gasteiger partial charge is 0.175 e. The molecule has 0 radical (unpaired) electrons. The van der Waals surface area contributed by atoms with Crippen molar-refractivity contribution in [2.24, 2.45) is 0 Å². The Hall–Kier alpha value is -1.20. The highest BCUT2D eigenvalue weighted by molar-refractivity contribution is 7.90. The third kappa shape index (κ3) is 2.97. The first kappa shape index (κ1) is 13.2. The second-order valence-electron chi connectivity index (χ2n) is 4.69. The van der Waals surface area contributed by atoms with E-state index in [4.69, 9.17) is 0 Å². The number of hydrogen-bond acceptors (Lipinski definition) is 3. The quantitative estimate of drug-likeness (QED) is 0.823. The average Bonchev–Trinajstić information content (AvgIpc) is 2.28. The highest BCUT2D eigenvalue weighted by atomic mass is 32.2. The zero-order valence-electron chi connectivity index (χ0n) is 10.5. The van der Waals surface area contributed by atoms with Gasteiger partial charge in [0.2, 0.25) is 0 Å². The van der Waals surface area contributed by atoms with E-state index in [0.717, 1.165) is 37.4 Å². The fourth-order valence-electron chi connectivity index (χ4n) is 2.00. The van der Waals surface area contributed by atoms with Crippen molar-refractivity contribution in [3.63, 3.8) is 0 Å².